The fourth-order valence-electron chi connectivity index (χ4n) is 1.87. The van der Waals surface area contributed by atoms with Crippen molar-refractivity contribution in [3.8, 4) is 0 Å². The average Bonchev–Trinajstić information content (AvgIpc) is 2.29. The average molecular weight is 216 g/mol. The molecule has 0 aromatic rings. The van der Waals surface area contributed by atoms with Gasteiger partial charge in [0.25, 0.3) is 0 Å². The minimum absolute atomic E-state index is 0.164. The maximum absolute atomic E-state index is 9.32. The molecule has 4 nitrogen and oxygen atoms in total. The normalized spacial score (nSPS) is 27.6. The zero-order valence-electron chi connectivity index (χ0n) is 10.1. The molecule has 0 aromatic heterocycles. The molecule has 0 amide bonds. The highest BCUT2D eigenvalue weighted by Crippen LogP contribution is 2.12. The molecule has 0 aliphatic carbocycles. The van der Waals surface area contributed by atoms with E-state index in [0.717, 1.165) is 32.7 Å². The molecule has 1 aliphatic rings. The Balaban J connectivity index is 2.43. The van der Waals surface area contributed by atoms with Crippen LogP contribution in [-0.2, 0) is 4.74 Å². The van der Waals surface area contributed by atoms with Crippen molar-refractivity contribution >= 4 is 0 Å². The van der Waals surface area contributed by atoms with Crippen molar-refractivity contribution in [1.82, 2.24) is 10.2 Å². The van der Waals surface area contributed by atoms with Crippen molar-refractivity contribution < 1.29 is 9.84 Å². The highest BCUT2D eigenvalue weighted by Gasteiger charge is 2.27. The Bertz CT molecular complexity index is 183. The van der Waals surface area contributed by atoms with Gasteiger partial charge in [-0.25, -0.2) is 0 Å². The van der Waals surface area contributed by atoms with E-state index < -0.39 is 0 Å². The lowest BCUT2D eigenvalue weighted by Crippen LogP contribution is -2.55. The first kappa shape index (κ1) is 12.9. The predicted molar refractivity (Wildman–Crippen MR) is 61.0 cm³/mol. The molecule has 1 saturated heterocycles. The van der Waals surface area contributed by atoms with Crippen LogP contribution in [0.1, 0.15) is 20.3 Å². The number of ether oxygens (including phenoxy) is 1. The van der Waals surface area contributed by atoms with E-state index in [1.165, 1.54) is 0 Å². The van der Waals surface area contributed by atoms with E-state index in [-0.39, 0.29) is 12.1 Å². The second-order valence-electron chi connectivity index (χ2n) is 4.60. The molecule has 0 spiro atoms. The standard InChI is InChI=1S/C11H24N2O2/c1-4-10-7-13(5-6-15-10)8-11(2,9-14)12-3/h10,12,14H,4-9H2,1-3H3. The number of aliphatic hydroxyl groups excluding tert-OH is 1. The Morgan fingerprint density at radius 2 is 2.33 bits per heavy atom. The maximum Gasteiger partial charge on any atom is 0.0700 e. The second-order valence-corrected chi connectivity index (χ2v) is 4.60. The topological polar surface area (TPSA) is 44.7 Å². The summed E-state index contributed by atoms with van der Waals surface area (Å²) in [6, 6.07) is 0. The van der Waals surface area contributed by atoms with E-state index >= 15 is 0 Å². The van der Waals surface area contributed by atoms with Crippen LogP contribution in [-0.4, -0.2) is 61.5 Å². The van der Waals surface area contributed by atoms with Gasteiger partial charge in [-0.3, -0.25) is 4.90 Å². The molecule has 4 heteroatoms. The monoisotopic (exact) mass is 216 g/mol. The van der Waals surface area contributed by atoms with Crippen LogP contribution >= 0.6 is 0 Å². The summed E-state index contributed by atoms with van der Waals surface area (Å²) in [7, 11) is 1.90. The van der Waals surface area contributed by atoms with Crippen molar-refractivity contribution in [3.63, 3.8) is 0 Å². The summed E-state index contributed by atoms with van der Waals surface area (Å²) in [5.41, 5.74) is -0.199. The van der Waals surface area contributed by atoms with Crippen molar-refractivity contribution in [1.29, 1.82) is 0 Å². The fourth-order valence-corrected chi connectivity index (χ4v) is 1.87. The Hall–Kier alpha value is -0.160. The number of likely N-dealkylation sites (N-methyl/N-ethyl adjacent to an activating group) is 1. The van der Waals surface area contributed by atoms with E-state index in [0.29, 0.717) is 6.10 Å². The first-order valence-electron chi connectivity index (χ1n) is 5.77. The van der Waals surface area contributed by atoms with E-state index in [9.17, 15) is 5.11 Å². The van der Waals surface area contributed by atoms with Crippen LogP contribution in [0.2, 0.25) is 0 Å². The molecule has 1 rings (SSSR count). The molecule has 0 radical (unpaired) electrons. The van der Waals surface area contributed by atoms with Crippen LogP contribution in [0.3, 0.4) is 0 Å². The Labute approximate surface area is 92.6 Å². The van der Waals surface area contributed by atoms with Gasteiger partial charge in [-0.1, -0.05) is 6.92 Å². The Morgan fingerprint density at radius 3 is 2.87 bits per heavy atom. The van der Waals surface area contributed by atoms with Gasteiger partial charge in [0.05, 0.1) is 24.9 Å². The molecular formula is C11H24N2O2. The number of nitrogens with zero attached hydrogens (tertiary/aromatic N) is 1. The molecule has 90 valence electrons. The van der Waals surface area contributed by atoms with Crippen molar-refractivity contribution in [2.24, 2.45) is 0 Å². The molecule has 0 bridgehead atoms. The van der Waals surface area contributed by atoms with E-state index in [1.54, 1.807) is 0 Å². The third-order valence-corrected chi connectivity index (χ3v) is 3.20. The van der Waals surface area contributed by atoms with Crippen LogP contribution in [0.25, 0.3) is 0 Å². The van der Waals surface area contributed by atoms with E-state index in [2.05, 4.69) is 17.1 Å². The van der Waals surface area contributed by atoms with Gasteiger partial charge in [-0.05, 0) is 20.4 Å². The quantitative estimate of drug-likeness (QED) is 0.682. The summed E-state index contributed by atoms with van der Waals surface area (Å²) in [4.78, 5) is 2.37. The molecule has 1 aliphatic heterocycles. The summed E-state index contributed by atoms with van der Waals surface area (Å²) < 4.78 is 5.61. The number of hydrogen-bond acceptors (Lipinski definition) is 4. The van der Waals surface area contributed by atoms with Gasteiger partial charge in [-0.15, -0.1) is 0 Å². The molecule has 1 heterocycles. The lowest BCUT2D eigenvalue weighted by molar-refractivity contribution is -0.0397. The Morgan fingerprint density at radius 1 is 1.60 bits per heavy atom. The van der Waals surface area contributed by atoms with Crippen molar-refractivity contribution in [2.75, 3.05) is 39.9 Å². The maximum atomic E-state index is 9.32. The third kappa shape index (κ3) is 3.72. The van der Waals surface area contributed by atoms with Crippen LogP contribution in [0.15, 0.2) is 0 Å². The van der Waals surface area contributed by atoms with Gasteiger partial charge in [0, 0.05) is 19.6 Å². The molecule has 2 N–H and O–H groups in total. The molecule has 2 unspecified atom stereocenters. The molecule has 0 saturated carbocycles. The number of morpholine rings is 1. The smallest absolute Gasteiger partial charge is 0.0700 e. The van der Waals surface area contributed by atoms with Gasteiger partial charge < -0.3 is 15.2 Å². The number of rotatable bonds is 5. The van der Waals surface area contributed by atoms with Gasteiger partial charge >= 0.3 is 0 Å². The fraction of sp³-hybridized carbons (Fsp3) is 1.00. The first-order chi connectivity index (χ1) is 7.13. The molecular weight excluding hydrogens is 192 g/mol. The van der Waals surface area contributed by atoms with Gasteiger partial charge in [0.2, 0.25) is 0 Å². The lowest BCUT2D eigenvalue weighted by Gasteiger charge is -2.38. The number of nitrogens with one attached hydrogen (secondary N) is 1. The second kappa shape index (κ2) is 5.80. The van der Waals surface area contributed by atoms with Gasteiger partial charge in [-0.2, -0.15) is 0 Å². The van der Waals surface area contributed by atoms with Gasteiger partial charge in [0.15, 0.2) is 0 Å². The van der Waals surface area contributed by atoms with Crippen molar-refractivity contribution in [2.45, 2.75) is 31.9 Å². The first-order valence-corrected chi connectivity index (χ1v) is 5.77. The van der Waals surface area contributed by atoms with Crippen LogP contribution in [0.5, 0.6) is 0 Å². The van der Waals surface area contributed by atoms with Gasteiger partial charge in [0.1, 0.15) is 0 Å². The summed E-state index contributed by atoms with van der Waals surface area (Å²) in [5, 5.41) is 12.5. The minimum Gasteiger partial charge on any atom is -0.394 e. The molecule has 0 aromatic carbocycles. The summed E-state index contributed by atoms with van der Waals surface area (Å²) in [5.74, 6) is 0. The highest BCUT2D eigenvalue weighted by molar-refractivity contribution is 4.86. The summed E-state index contributed by atoms with van der Waals surface area (Å²) in [6.07, 6.45) is 1.42. The SMILES string of the molecule is CCC1CN(CC(C)(CO)NC)CCO1. The predicted octanol–water partition coefficient (Wildman–Crippen LogP) is 0.0676. The molecule has 2 atom stereocenters. The van der Waals surface area contributed by atoms with Crippen LogP contribution in [0.4, 0.5) is 0 Å². The lowest BCUT2D eigenvalue weighted by atomic mass is 10.0. The number of aliphatic hydroxyl groups is 1. The third-order valence-electron chi connectivity index (χ3n) is 3.20. The van der Waals surface area contributed by atoms with E-state index in [4.69, 9.17) is 4.74 Å². The Kier molecular flexibility index (Phi) is 4.99. The van der Waals surface area contributed by atoms with Crippen molar-refractivity contribution in [3.05, 3.63) is 0 Å². The summed E-state index contributed by atoms with van der Waals surface area (Å²) in [6.45, 7) is 7.99. The minimum atomic E-state index is -0.199. The van der Waals surface area contributed by atoms with Crippen LogP contribution in [0, 0.1) is 0 Å². The number of hydrogen-bond donors (Lipinski definition) is 2. The zero-order valence-corrected chi connectivity index (χ0v) is 10.1. The zero-order chi connectivity index (χ0) is 11.3. The summed E-state index contributed by atoms with van der Waals surface area (Å²) >= 11 is 0. The largest absolute Gasteiger partial charge is 0.394 e. The molecule has 15 heavy (non-hydrogen) atoms. The van der Waals surface area contributed by atoms with E-state index in [1.807, 2.05) is 14.0 Å². The van der Waals surface area contributed by atoms with Crippen LogP contribution < -0.4 is 5.32 Å². The highest BCUT2D eigenvalue weighted by atomic mass is 16.5. The molecule has 1 fully saturated rings.